The van der Waals surface area contributed by atoms with Crippen LogP contribution in [0, 0.1) is 11.3 Å². The van der Waals surface area contributed by atoms with Gasteiger partial charge in [0.25, 0.3) is 0 Å². The van der Waals surface area contributed by atoms with E-state index in [1.165, 1.54) is 27.8 Å². The minimum absolute atomic E-state index is 0.150. The monoisotopic (exact) mass is 380 g/mol. The number of halogens is 1. The molecule has 2 aromatic carbocycles. The Hall–Kier alpha value is -2.25. The van der Waals surface area contributed by atoms with Gasteiger partial charge in [0.05, 0.1) is 22.7 Å². The van der Waals surface area contributed by atoms with E-state index < -0.39 is 0 Å². The summed E-state index contributed by atoms with van der Waals surface area (Å²) in [5, 5.41) is 10.5. The van der Waals surface area contributed by atoms with E-state index in [1.807, 2.05) is 12.1 Å². The molecule has 0 saturated carbocycles. The molecule has 0 amide bonds. The molecule has 3 nitrogen and oxygen atoms in total. The third kappa shape index (κ3) is 1.94. The van der Waals surface area contributed by atoms with Crippen LogP contribution < -0.4 is 4.74 Å². The number of H-pyrrole nitrogens is 1. The number of aromatic amines is 1. The second-order valence-electron chi connectivity index (χ2n) is 6.76. The van der Waals surface area contributed by atoms with Crippen molar-refractivity contribution in [2.45, 2.75) is 25.7 Å². The third-order valence-corrected chi connectivity index (χ3v) is 5.95. The normalized spacial score (nSPS) is 14.8. The molecule has 1 N–H and O–H groups in total. The largest absolute Gasteiger partial charge is 0.497 e. The molecule has 0 aliphatic heterocycles. The molecule has 0 unspecified atom stereocenters. The summed E-state index contributed by atoms with van der Waals surface area (Å²) >= 11 is 3.59. The van der Waals surface area contributed by atoms with Crippen LogP contribution >= 0.6 is 15.9 Å². The zero-order valence-corrected chi connectivity index (χ0v) is 15.4. The minimum Gasteiger partial charge on any atom is -0.497 e. The maximum atomic E-state index is 9.28. The molecule has 1 heterocycles. The summed E-state index contributed by atoms with van der Waals surface area (Å²) in [6.07, 6.45) is 0.885. The summed E-state index contributed by atoms with van der Waals surface area (Å²) in [5.74, 6) is 0.884. The summed E-state index contributed by atoms with van der Waals surface area (Å²) in [7, 11) is 1.70. The molecule has 0 saturated heterocycles. The molecule has 1 aliphatic rings. The van der Waals surface area contributed by atoms with E-state index in [0.717, 1.165) is 22.2 Å². The van der Waals surface area contributed by atoms with Crippen LogP contribution in [0.15, 0.2) is 34.8 Å². The van der Waals surface area contributed by atoms with Crippen molar-refractivity contribution in [3.05, 3.63) is 62.8 Å². The zero-order chi connectivity index (χ0) is 17.1. The first kappa shape index (κ1) is 15.3. The molecule has 24 heavy (non-hydrogen) atoms. The van der Waals surface area contributed by atoms with Crippen LogP contribution in [0.2, 0.25) is 0 Å². The van der Waals surface area contributed by atoms with Crippen molar-refractivity contribution >= 4 is 26.8 Å². The number of rotatable bonds is 1. The Kier molecular flexibility index (Phi) is 3.26. The average Bonchev–Trinajstić information content (AvgIpc) is 2.96. The highest BCUT2D eigenvalue weighted by Gasteiger charge is 2.35. The predicted octanol–water partition coefficient (Wildman–Crippen LogP) is 5.04. The van der Waals surface area contributed by atoms with Crippen molar-refractivity contribution < 1.29 is 4.74 Å². The fraction of sp³-hybridized carbons (Fsp3) is 0.250. The van der Waals surface area contributed by atoms with Crippen molar-refractivity contribution in [2.24, 2.45) is 0 Å². The number of hydrogen-bond acceptors (Lipinski definition) is 2. The smallest absolute Gasteiger partial charge is 0.119 e. The predicted molar refractivity (Wildman–Crippen MR) is 98.6 cm³/mol. The fourth-order valence-electron chi connectivity index (χ4n) is 3.83. The molecule has 1 aromatic heterocycles. The van der Waals surface area contributed by atoms with Crippen molar-refractivity contribution in [3.63, 3.8) is 0 Å². The Morgan fingerprint density at radius 2 is 2.04 bits per heavy atom. The highest BCUT2D eigenvalue weighted by atomic mass is 79.9. The number of nitriles is 1. The van der Waals surface area contributed by atoms with Crippen LogP contribution in [0.3, 0.4) is 0 Å². The van der Waals surface area contributed by atoms with Crippen molar-refractivity contribution in [3.8, 4) is 11.8 Å². The van der Waals surface area contributed by atoms with Gasteiger partial charge in [-0.25, -0.2) is 0 Å². The van der Waals surface area contributed by atoms with Crippen molar-refractivity contribution in [1.82, 2.24) is 4.98 Å². The number of hydrogen-bond donors (Lipinski definition) is 1. The van der Waals surface area contributed by atoms with Gasteiger partial charge in [-0.2, -0.15) is 5.26 Å². The van der Waals surface area contributed by atoms with Crippen LogP contribution in [-0.4, -0.2) is 12.1 Å². The average molecular weight is 381 g/mol. The summed E-state index contributed by atoms with van der Waals surface area (Å²) in [6, 6.07) is 12.5. The van der Waals surface area contributed by atoms with E-state index in [1.54, 1.807) is 7.11 Å². The number of nitrogens with one attached hydrogen (secondary N) is 1. The maximum Gasteiger partial charge on any atom is 0.119 e. The molecular formula is C20H17BrN2O. The Balaban J connectivity index is 2.01. The maximum absolute atomic E-state index is 9.28. The second kappa shape index (κ2) is 5.12. The van der Waals surface area contributed by atoms with Crippen LogP contribution in [-0.2, 0) is 11.8 Å². The van der Waals surface area contributed by atoms with Gasteiger partial charge in [-0.1, -0.05) is 26.0 Å². The quantitative estimate of drug-likeness (QED) is 0.642. The zero-order valence-electron chi connectivity index (χ0n) is 13.8. The van der Waals surface area contributed by atoms with Crippen LogP contribution in [0.25, 0.3) is 10.9 Å². The van der Waals surface area contributed by atoms with Gasteiger partial charge in [0.15, 0.2) is 0 Å². The number of ether oxygens (including phenoxy) is 1. The number of methoxy groups -OCH3 is 1. The molecule has 4 heteroatoms. The van der Waals surface area contributed by atoms with Crippen LogP contribution in [0.4, 0.5) is 0 Å². The molecule has 4 rings (SSSR count). The highest BCUT2D eigenvalue weighted by molar-refractivity contribution is 9.10. The number of fused-ring (bicyclic) bond motifs is 4. The molecule has 0 fully saturated rings. The van der Waals surface area contributed by atoms with Gasteiger partial charge >= 0.3 is 0 Å². The Bertz CT molecular complexity index is 1020. The number of nitrogens with zero attached hydrogens (tertiary/aromatic N) is 1. The van der Waals surface area contributed by atoms with Crippen molar-refractivity contribution in [1.29, 1.82) is 5.26 Å². The molecular weight excluding hydrogens is 364 g/mol. The molecule has 120 valence electrons. The lowest BCUT2D eigenvalue weighted by molar-refractivity contribution is 0.412. The van der Waals surface area contributed by atoms with Gasteiger partial charge in [-0.05, 0) is 50.8 Å². The van der Waals surface area contributed by atoms with E-state index >= 15 is 0 Å². The SMILES string of the molecule is COc1ccc2c(c1)C(C)(C)c1[nH]c3c(Br)c(C#N)ccc3c1C2. The Labute approximate surface area is 149 Å². The van der Waals surface area contributed by atoms with E-state index in [2.05, 4.69) is 59.0 Å². The minimum atomic E-state index is -0.150. The molecule has 0 radical (unpaired) electrons. The molecule has 1 aliphatic carbocycles. The summed E-state index contributed by atoms with van der Waals surface area (Å²) in [4.78, 5) is 3.59. The van der Waals surface area contributed by atoms with E-state index in [-0.39, 0.29) is 5.41 Å². The highest BCUT2D eigenvalue weighted by Crippen LogP contribution is 2.45. The number of aromatic nitrogens is 1. The van der Waals surface area contributed by atoms with Gasteiger partial charge in [0, 0.05) is 22.9 Å². The lowest BCUT2D eigenvalue weighted by Crippen LogP contribution is -2.27. The number of benzene rings is 2. The first-order valence-corrected chi connectivity index (χ1v) is 8.67. The van der Waals surface area contributed by atoms with E-state index in [4.69, 9.17) is 4.74 Å². The summed E-state index contributed by atoms with van der Waals surface area (Å²) in [5.41, 5.74) is 6.66. The van der Waals surface area contributed by atoms with Crippen LogP contribution in [0.1, 0.15) is 41.8 Å². The summed E-state index contributed by atoms with van der Waals surface area (Å²) < 4.78 is 6.26. The molecule has 0 atom stereocenters. The van der Waals surface area contributed by atoms with Crippen molar-refractivity contribution in [2.75, 3.05) is 7.11 Å². The van der Waals surface area contributed by atoms with Gasteiger partial charge in [0.2, 0.25) is 0 Å². The van der Waals surface area contributed by atoms with Gasteiger partial charge in [-0.15, -0.1) is 0 Å². The molecule has 0 spiro atoms. The Morgan fingerprint density at radius 1 is 1.25 bits per heavy atom. The topological polar surface area (TPSA) is 48.8 Å². The second-order valence-corrected chi connectivity index (χ2v) is 7.56. The lowest BCUT2D eigenvalue weighted by Gasteiger charge is -2.33. The molecule has 0 bridgehead atoms. The van der Waals surface area contributed by atoms with E-state index in [9.17, 15) is 5.26 Å². The van der Waals surface area contributed by atoms with Crippen LogP contribution in [0.5, 0.6) is 5.75 Å². The van der Waals surface area contributed by atoms with Gasteiger partial charge < -0.3 is 9.72 Å². The van der Waals surface area contributed by atoms with Gasteiger partial charge in [-0.3, -0.25) is 0 Å². The van der Waals surface area contributed by atoms with E-state index in [0.29, 0.717) is 5.56 Å². The molecule has 3 aromatic rings. The fourth-order valence-corrected chi connectivity index (χ4v) is 4.37. The Morgan fingerprint density at radius 3 is 2.75 bits per heavy atom. The summed E-state index contributed by atoms with van der Waals surface area (Å²) in [6.45, 7) is 4.47. The lowest BCUT2D eigenvalue weighted by atomic mass is 9.72. The first-order valence-electron chi connectivity index (χ1n) is 7.88. The standard InChI is InChI=1S/C20H17BrN2O/c1-20(2)16-9-13(24-3)6-4-11(16)8-15-14-7-5-12(10-22)17(21)18(14)23-19(15)20/h4-7,9,23H,8H2,1-3H3. The van der Waals surface area contributed by atoms with Gasteiger partial charge in [0.1, 0.15) is 11.8 Å². The first-order chi connectivity index (χ1) is 11.5. The third-order valence-electron chi connectivity index (χ3n) is 5.12.